The van der Waals surface area contributed by atoms with Crippen LogP contribution in [0.4, 0.5) is 4.79 Å². The fourth-order valence-corrected chi connectivity index (χ4v) is 18.6. The molecule has 54 heavy (non-hydrogen) atoms. The van der Waals surface area contributed by atoms with Gasteiger partial charge in [-0.05, 0) is 105 Å². The fraction of sp³-hybridized carbons (Fsp3) is 0.884. The molecule has 11 heteroatoms. The molecule has 3 saturated heterocycles. The van der Waals surface area contributed by atoms with E-state index in [1.54, 1.807) is 0 Å². The van der Waals surface area contributed by atoms with E-state index in [2.05, 4.69) is 24.9 Å². The zero-order chi connectivity index (χ0) is 37.8. The number of rotatable bonds is 9. The second-order valence-corrected chi connectivity index (χ2v) is 24.5. The van der Waals surface area contributed by atoms with Crippen molar-refractivity contribution in [3.8, 4) is 0 Å². The number of ether oxygens (including phenoxy) is 3. The largest absolute Gasteiger partial charge is 0.448 e. The molecule has 0 aromatic carbocycles. The van der Waals surface area contributed by atoms with Gasteiger partial charge < -0.3 is 34.0 Å². The first-order valence-corrected chi connectivity index (χ1v) is 25.3. The Hall–Kier alpha value is -1.95. The van der Waals surface area contributed by atoms with Crippen molar-refractivity contribution in [1.29, 1.82) is 0 Å². The Bertz CT molecular complexity index is 1450. The number of hydrogen-bond acceptors (Lipinski definition) is 7. The van der Waals surface area contributed by atoms with E-state index >= 15 is 4.79 Å². The van der Waals surface area contributed by atoms with Crippen LogP contribution >= 0.6 is 0 Å². The average Bonchev–Trinajstić information content (AvgIpc) is 3.83. The SMILES string of the molecule is COC1CCC([Si](C)(C)[C@@H]2[C@@H](CC(=O)N3CC4CCCCC4C[C@H]3CO)O[C@]3(C(=O)N(CC4CCCC(N5CCOC5=O)C4)C4=C3CCCC4)[C@H]2C)CC1. The molecule has 4 heterocycles. The summed E-state index contributed by atoms with van der Waals surface area (Å²) < 4.78 is 18.6. The zero-order valence-corrected chi connectivity index (χ0v) is 34.8. The van der Waals surface area contributed by atoms with Gasteiger partial charge in [0.1, 0.15) is 6.61 Å². The van der Waals surface area contributed by atoms with Crippen LogP contribution in [0.1, 0.15) is 122 Å². The summed E-state index contributed by atoms with van der Waals surface area (Å²) in [5.74, 6) is 1.65. The molecule has 4 aliphatic heterocycles. The quantitative estimate of drug-likeness (QED) is 0.246. The van der Waals surface area contributed by atoms with E-state index in [0.29, 0.717) is 55.5 Å². The van der Waals surface area contributed by atoms with Crippen LogP contribution in [0.5, 0.6) is 0 Å². The monoisotopic (exact) mass is 767 g/mol. The Balaban J connectivity index is 1.09. The number of allylic oxidation sites excluding steroid dienone is 1. The van der Waals surface area contributed by atoms with E-state index < -0.39 is 13.7 Å². The topological polar surface area (TPSA) is 109 Å². The van der Waals surface area contributed by atoms with Gasteiger partial charge in [0.05, 0.1) is 45.9 Å². The Morgan fingerprint density at radius 3 is 2.43 bits per heavy atom. The van der Waals surface area contributed by atoms with Gasteiger partial charge in [0, 0.05) is 37.9 Å². The number of nitrogens with zero attached hydrogens (tertiary/aromatic N) is 3. The molecule has 0 aromatic heterocycles. The highest BCUT2D eigenvalue weighted by atomic mass is 28.3. The van der Waals surface area contributed by atoms with Crippen LogP contribution in [0.3, 0.4) is 0 Å². The zero-order valence-electron chi connectivity index (χ0n) is 33.8. The van der Waals surface area contributed by atoms with Gasteiger partial charge in [0.15, 0.2) is 5.60 Å². The summed E-state index contributed by atoms with van der Waals surface area (Å²) in [6, 6.07) is 0.0451. The van der Waals surface area contributed by atoms with E-state index in [4.69, 9.17) is 14.2 Å². The van der Waals surface area contributed by atoms with Crippen molar-refractivity contribution in [3.05, 3.63) is 11.3 Å². The van der Waals surface area contributed by atoms with Gasteiger partial charge in [-0.3, -0.25) is 9.59 Å². The fourth-order valence-electron chi connectivity index (χ4n) is 13.6. The highest BCUT2D eigenvalue weighted by molar-refractivity contribution is 6.80. The van der Waals surface area contributed by atoms with Gasteiger partial charge in [-0.2, -0.15) is 0 Å². The maximum absolute atomic E-state index is 15.4. The van der Waals surface area contributed by atoms with Crippen LogP contribution in [-0.4, -0.2) is 116 Å². The standard InChI is InChI=1S/C43H69N3O7Si/c1-28-40(54(3,4)35-18-16-34(51-2)17-19-35)38(24-39(48)45-26-31-12-6-5-11-30(31)23-33(45)27-47)53-43(28)36-14-7-8-15-37(36)46(41(43)49)25-29-10-9-13-32(22-29)44-20-21-52-42(44)50/h28-35,38,40,47H,5-27H2,1-4H3/t28-,29?,30?,31?,32?,33-,34?,35?,38+,40-,43+/m0/s1. The number of likely N-dealkylation sites (tertiary alicyclic amines) is 1. The third kappa shape index (κ3) is 6.80. The lowest BCUT2D eigenvalue weighted by Crippen LogP contribution is -2.53. The molecular weight excluding hydrogens is 699 g/mol. The molecule has 9 atom stereocenters. The van der Waals surface area contributed by atoms with Crippen LogP contribution in [0.15, 0.2) is 11.3 Å². The first kappa shape index (κ1) is 38.9. The smallest absolute Gasteiger partial charge is 0.410 e. The molecule has 3 saturated carbocycles. The summed E-state index contributed by atoms with van der Waals surface area (Å²) >= 11 is 0. The van der Waals surface area contributed by atoms with Crippen molar-refractivity contribution in [3.63, 3.8) is 0 Å². The number of carbonyl (C=O) groups is 3. The molecule has 1 N–H and O–H groups in total. The highest BCUT2D eigenvalue weighted by Gasteiger charge is 2.68. The molecule has 1 spiro atoms. The minimum absolute atomic E-state index is 0.0118. The van der Waals surface area contributed by atoms with E-state index in [9.17, 15) is 14.7 Å². The second-order valence-electron chi connectivity index (χ2n) is 19.4. The van der Waals surface area contributed by atoms with Crippen molar-refractivity contribution >= 4 is 26.0 Å². The lowest BCUT2D eigenvalue weighted by molar-refractivity contribution is -0.154. The van der Waals surface area contributed by atoms with E-state index in [-0.39, 0.29) is 54.2 Å². The molecule has 0 radical (unpaired) electrons. The predicted molar refractivity (Wildman–Crippen MR) is 209 cm³/mol. The van der Waals surface area contributed by atoms with Crippen LogP contribution < -0.4 is 0 Å². The molecule has 4 unspecified atom stereocenters. The molecular formula is C43H69N3O7Si. The van der Waals surface area contributed by atoms with E-state index in [0.717, 1.165) is 90.0 Å². The molecule has 4 aliphatic carbocycles. The van der Waals surface area contributed by atoms with Crippen molar-refractivity contribution in [2.24, 2.45) is 23.7 Å². The normalized spacial score (nSPS) is 40.4. The summed E-state index contributed by atoms with van der Waals surface area (Å²) in [5.41, 5.74) is 2.14. The van der Waals surface area contributed by atoms with Crippen LogP contribution in [0.2, 0.25) is 24.2 Å². The van der Waals surface area contributed by atoms with Crippen molar-refractivity contribution in [2.45, 2.75) is 177 Å². The maximum atomic E-state index is 15.4. The lowest BCUT2D eigenvalue weighted by Gasteiger charge is -2.47. The van der Waals surface area contributed by atoms with Gasteiger partial charge in [-0.1, -0.05) is 58.5 Å². The number of methoxy groups -OCH3 is 1. The summed E-state index contributed by atoms with van der Waals surface area (Å²) in [5, 5.41) is 10.6. The molecule has 0 aromatic rings. The van der Waals surface area contributed by atoms with Crippen LogP contribution in [0.25, 0.3) is 0 Å². The second kappa shape index (κ2) is 15.8. The Kier molecular flexibility index (Phi) is 11.4. The van der Waals surface area contributed by atoms with Gasteiger partial charge in [-0.25, -0.2) is 4.79 Å². The Morgan fingerprint density at radius 1 is 0.944 bits per heavy atom. The summed E-state index contributed by atoms with van der Waals surface area (Å²) in [7, 11) is -0.290. The number of cyclic esters (lactones) is 1. The lowest BCUT2D eigenvalue weighted by atomic mass is 9.73. The van der Waals surface area contributed by atoms with Crippen molar-refractivity contribution in [2.75, 3.05) is 40.0 Å². The summed E-state index contributed by atoms with van der Waals surface area (Å²) in [6.07, 6.45) is 18.2. The molecule has 0 bridgehead atoms. The minimum atomic E-state index is -2.13. The third-order valence-corrected chi connectivity index (χ3v) is 21.7. The molecule has 10 nitrogen and oxygen atoms in total. The first-order chi connectivity index (χ1) is 26.1. The Morgan fingerprint density at radius 2 is 1.70 bits per heavy atom. The number of fused-ring (bicyclic) bond motifs is 2. The third-order valence-electron chi connectivity index (χ3n) is 16.5. The predicted octanol–water partition coefficient (Wildman–Crippen LogP) is 7.27. The number of aliphatic hydroxyl groups excluding tert-OH is 1. The molecule has 3 amide bonds. The first-order valence-electron chi connectivity index (χ1n) is 22.2. The average molecular weight is 768 g/mol. The van der Waals surface area contributed by atoms with Gasteiger partial charge >= 0.3 is 6.09 Å². The van der Waals surface area contributed by atoms with Crippen LogP contribution in [0, 0.1) is 23.7 Å². The number of carbonyl (C=O) groups excluding carboxylic acids is 3. The Labute approximate surface area is 325 Å². The summed E-state index contributed by atoms with van der Waals surface area (Å²) in [4.78, 5) is 48.7. The van der Waals surface area contributed by atoms with Gasteiger partial charge in [0.2, 0.25) is 5.91 Å². The maximum Gasteiger partial charge on any atom is 0.410 e. The summed E-state index contributed by atoms with van der Waals surface area (Å²) in [6.45, 7) is 9.95. The number of aliphatic hydroxyl groups is 1. The van der Waals surface area contributed by atoms with Gasteiger partial charge in [-0.15, -0.1) is 0 Å². The molecule has 302 valence electrons. The molecule has 8 aliphatic rings. The van der Waals surface area contributed by atoms with E-state index in [1.165, 1.54) is 37.0 Å². The molecule has 6 fully saturated rings. The van der Waals surface area contributed by atoms with E-state index in [1.807, 2.05) is 16.9 Å². The number of amides is 3. The van der Waals surface area contributed by atoms with Gasteiger partial charge in [0.25, 0.3) is 5.91 Å². The molecule has 8 rings (SSSR count). The van der Waals surface area contributed by atoms with Crippen molar-refractivity contribution < 1.29 is 33.7 Å². The number of hydrogen-bond donors (Lipinski definition) is 1. The van der Waals surface area contributed by atoms with Crippen LogP contribution in [-0.2, 0) is 23.8 Å². The highest BCUT2D eigenvalue weighted by Crippen LogP contribution is 2.62. The number of piperidine rings is 1. The minimum Gasteiger partial charge on any atom is -0.448 e. The van der Waals surface area contributed by atoms with Crippen molar-refractivity contribution in [1.82, 2.24) is 14.7 Å².